The Labute approximate surface area is 173 Å². The predicted octanol–water partition coefficient (Wildman–Crippen LogP) is 1.98. The number of nitrogens with zero attached hydrogens (tertiary/aromatic N) is 2. The molecular weight excluding hydrogens is 389 g/mol. The standard InChI is InChI=1S/C21H22FN5O3/c1-2-3-8-29-14-5-7-18(25-11-14)20(28)27-13-4-6-17(22)15(9-13)16-10-19(16)30-21(24)26-12-23/h4-7,9,11,16,19H,8,10,12,23H2,1H3,(H2,24,26)(H,27,28)/t16-,19-/m1/s1. The second-order valence-electron chi connectivity index (χ2n) is 6.46. The fourth-order valence-corrected chi connectivity index (χ4v) is 2.80. The number of nitrogens with two attached hydrogens (primary N) is 2. The molecule has 1 aromatic carbocycles. The molecule has 5 N–H and O–H groups in total. The summed E-state index contributed by atoms with van der Waals surface area (Å²) in [6, 6.07) is 7.53. The first-order chi connectivity index (χ1) is 14.5. The van der Waals surface area contributed by atoms with Gasteiger partial charge in [0.05, 0.1) is 12.9 Å². The van der Waals surface area contributed by atoms with Crippen LogP contribution in [0.4, 0.5) is 10.1 Å². The third-order valence-corrected chi connectivity index (χ3v) is 4.36. The summed E-state index contributed by atoms with van der Waals surface area (Å²) < 4.78 is 25.1. The van der Waals surface area contributed by atoms with E-state index in [0.717, 1.165) is 0 Å². The molecule has 156 valence electrons. The van der Waals surface area contributed by atoms with E-state index in [9.17, 15) is 9.18 Å². The number of nitrogens with one attached hydrogen (secondary N) is 1. The van der Waals surface area contributed by atoms with Gasteiger partial charge in [-0.2, -0.15) is 0 Å². The lowest BCUT2D eigenvalue weighted by molar-refractivity contribution is 0.102. The van der Waals surface area contributed by atoms with E-state index in [1.165, 1.54) is 18.3 Å². The SMILES string of the molecule is CC#CCOc1ccc(C(=O)Nc2ccc(F)c([C@H]3C[C@H]3O/C(N)=N\CN)c2)nc1. The molecule has 2 aromatic rings. The van der Waals surface area contributed by atoms with Crippen LogP contribution in [0.15, 0.2) is 41.5 Å². The fourth-order valence-electron chi connectivity index (χ4n) is 2.80. The number of amides is 1. The zero-order chi connectivity index (χ0) is 21.5. The molecule has 1 fully saturated rings. The molecule has 8 nitrogen and oxygen atoms in total. The van der Waals surface area contributed by atoms with Crippen LogP contribution in [0, 0.1) is 17.7 Å². The summed E-state index contributed by atoms with van der Waals surface area (Å²) in [5, 5.41) is 2.72. The Morgan fingerprint density at radius 1 is 1.40 bits per heavy atom. The van der Waals surface area contributed by atoms with Crippen LogP contribution in [0.3, 0.4) is 0 Å². The second kappa shape index (κ2) is 9.71. The van der Waals surface area contributed by atoms with Crippen LogP contribution in [-0.4, -0.2) is 36.3 Å². The van der Waals surface area contributed by atoms with Crippen molar-refractivity contribution < 1.29 is 18.7 Å². The van der Waals surface area contributed by atoms with Gasteiger partial charge in [0, 0.05) is 11.6 Å². The van der Waals surface area contributed by atoms with Crippen molar-refractivity contribution in [2.45, 2.75) is 25.4 Å². The first kappa shape index (κ1) is 21.1. The zero-order valence-electron chi connectivity index (χ0n) is 16.4. The fraction of sp³-hybridized carbons (Fsp3) is 0.286. The van der Waals surface area contributed by atoms with Gasteiger partial charge in [-0.15, -0.1) is 5.92 Å². The topological polar surface area (TPSA) is 125 Å². The number of halogens is 1. The first-order valence-electron chi connectivity index (χ1n) is 9.27. The highest BCUT2D eigenvalue weighted by Gasteiger charge is 2.43. The Morgan fingerprint density at radius 2 is 2.23 bits per heavy atom. The quantitative estimate of drug-likeness (QED) is 0.363. The molecule has 3 rings (SSSR count). The number of benzene rings is 1. The predicted molar refractivity (Wildman–Crippen MR) is 110 cm³/mol. The molecule has 0 spiro atoms. The van der Waals surface area contributed by atoms with Crippen LogP contribution >= 0.6 is 0 Å². The summed E-state index contributed by atoms with van der Waals surface area (Å²) in [5.74, 6) is 5.03. The summed E-state index contributed by atoms with van der Waals surface area (Å²) in [7, 11) is 0. The number of hydrogen-bond acceptors (Lipinski definition) is 6. The van der Waals surface area contributed by atoms with E-state index in [1.54, 1.807) is 25.1 Å². The third kappa shape index (κ3) is 5.46. The van der Waals surface area contributed by atoms with Gasteiger partial charge in [-0.25, -0.2) is 14.4 Å². The number of anilines is 1. The molecule has 1 aliphatic carbocycles. The highest BCUT2D eigenvalue weighted by atomic mass is 19.1. The van der Waals surface area contributed by atoms with Crippen molar-refractivity contribution in [1.82, 2.24) is 4.98 Å². The minimum Gasteiger partial charge on any atom is -0.479 e. The number of aromatic nitrogens is 1. The van der Waals surface area contributed by atoms with E-state index >= 15 is 0 Å². The lowest BCUT2D eigenvalue weighted by Gasteiger charge is -2.09. The first-order valence-corrected chi connectivity index (χ1v) is 9.27. The van der Waals surface area contributed by atoms with Crippen molar-refractivity contribution in [1.29, 1.82) is 0 Å². The average molecular weight is 411 g/mol. The maximum Gasteiger partial charge on any atom is 0.283 e. The molecule has 0 saturated heterocycles. The Balaban J connectivity index is 1.63. The van der Waals surface area contributed by atoms with Gasteiger partial charge in [-0.1, -0.05) is 5.92 Å². The van der Waals surface area contributed by atoms with Crippen molar-refractivity contribution in [3.63, 3.8) is 0 Å². The van der Waals surface area contributed by atoms with E-state index in [2.05, 4.69) is 27.1 Å². The number of carbonyl (C=O) groups is 1. The molecule has 0 bridgehead atoms. The minimum atomic E-state index is -0.421. The molecule has 2 atom stereocenters. The van der Waals surface area contributed by atoms with Gasteiger partial charge in [0.1, 0.15) is 30.0 Å². The third-order valence-electron chi connectivity index (χ3n) is 4.36. The lowest BCUT2D eigenvalue weighted by Crippen LogP contribution is -2.20. The zero-order valence-corrected chi connectivity index (χ0v) is 16.4. The molecule has 1 saturated carbocycles. The number of aliphatic imine (C=N–C) groups is 1. The largest absolute Gasteiger partial charge is 0.479 e. The van der Waals surface area contributed by atoms with Crippen molar-refractivity contribution in [3.8, 4) is 17.6 Å². The van der Waals surface area contributed by atoms with Gasteiger partial charge in [0.25, 0.3) is 11.9 Å². The summed E-state index contributed by atoms with van der Waals surface area (Å²) >= 11 is 0. The lowest BCUT2D eigenvalue weighted by atomic mass is 10.1. The highest BCUT2D eigenvalue weighted by molar-refractivity contribution is 6.02. The van der Waals surface area contributed by atoms with E-state index < -0.39 is 5.91 Å². The second-order valence-corrected chi connectivity index (χ2v) is 6.46. The van der Waals surface area contributed by atoms with Crippen LogP contribution in [0.25, 0.3) is 0 Å². The van der Waals surface area contributed by atoms with Crippen LogP contribution in [-0.2, 0) is 4.74 Å². The Hall–Kier alpha value is -3.64. The Morgan fingerprint density at radius 3 is 2.93 bits per heavy atom. The maximum absolute atomic E-state index is 14.3. The smallest absolute Gasteiger partial charge is 0.283 e. The molecule has 1 aliphatic rings. The van der Waals surface area contributed by atoms with E-state index in [0.29, 0.717) is 23.4 Å². The van der Waals surface area contributed by atoms with Gasteiger partial charge in [-0.3, -0.25) is 4.79 Å². The van der Waals surface area contributed by atoms with Crippen molar-refractivity contribution in [3.05, 3.63) is 53.6 Å². The summed E-state index contributed by atoms with van der Waals surface area (Å²) in [4.78, 5) is 20.3. The molecule has 9 heteroatoms. The van der Waals surface area contributed by atoms with Crippen LogP contribution < -0.4 is 21.5 Å². The Kier molecular flexibility index (Phi) is 6.83. The number of pyridine rings is 1. The van der Waals surface area contributed by atoms with Crippen molar-refractivity contribution in [2.24, 2.45) is 16.5 Å². The minimum absolute atomic E-state index is 0.0184. The normalized spacial score (nSPS) is 17.5. The van der Waals surface area contributed by atoms with E-state index in [4.69, 9.17) is 20.9 Å². The molecule has 1 heterocycles. The number of ether oxygens (including phenoxy) is 2. The summed E-state index contributed by atoms with van der Waals surface area (Å²) in [6.07, 6.45) is 1.77. The molecule has 0 aliphatic heterocycles. The van der Waals surface area contributed by atoms with Gasteiger partial charge < -0.3 is 26.3 Å². The van der Waals surface area contributed by atoms with E-state index in [-0.39, 0.29) is 42.8 Å². The summed E-state index contributed by atoms with van der Waals surface area (Å²) in [5.41, 5.74) is 12.0. The monoisotopic (exact) mass is 411 g/mol. The maximum atomic E-state index is 14.3. The molecule has 1 amide bonds. The number of amidine groups is 1. The molecule has 30 heavy (non-hydrogen) atoms. The number of hydrogen-bond donors (Lipinski definition) is 3. The van der Waals surface area contributed by atoms with Crippen LogP contribution in [0.2, 0.25) is 0 Å². The Bertz CT molecular complexity index is 998. The van der Waals surface area contributed by atoms with Gasteiger partial charge >= 0.3 is 0 Å². The van der Waals surface area contributed by atoms with Crippen LogP contribution in [0.1, 0.15) is 35.3 Å². The van der Waals surface area contributed by atoms with Gasteiger partial charge in [-0.05, 0) is 49.2 Å². The average Bonchev–Trinajstić information content (AvgIpc) is 3.49. The number of carbonyl (C=O) groups excluding carboxylic acids is 1. The van der Waals surface area contributed by atoms with Gasteiger partial charge in [0.2, 0.25) is 0 Å². The van der Waals surface area contributed by atoms with E-state index in [1.807, 2.05) is 0 Å². The van der Waals surface area contributed by atoms with Crippen molar-refractivity contribution in [2.75, 3.05) is 18.6 Å². The highest BCUT2D eigenvalue weighted by Crippen LogP contribution is 2.45. The molecule has 1 aromatic heterocycles. The van der Waals surface area contributed by atoms with Crippen molar-refractivity contribution >= 4 is 17.6 Å². The molecular formula is C21H22FN5O3. The van der Waals surface area contributed by atoms with Crippen LogP contribution in [0.5, 0.6) is 5.75 Å². The molecule has 0 unspecified atom stereocenters. The summed E-state index contributed by atoms with van der Waals surface area (Å²) in [6.45, 7) is 1.99. The molecule has 0 radical (unpaired) electrons. The number of rotatable bonds is 7. The van der Waals surface area contributed by atoms with Gasteiger partial charge in [0.15, 0.2) is 0 Å².